The van der Waals surface area contributed by atoms with Crippen LogP contribution in [0, 0.1) is 0 Å². The van der Waals surface area contributed by atoms with Crippen molar-refractivity contribution in [2.75, 3.05) is 25.0 Å². The van der Waals surface area contributed by atoms with Crippen LogP contribution in [0.3, 0.4) is 0 Å². The second-order valence-corrected chi connectivity index (χ2v) is 7.98. The summed E-state index contributed by atoms with van der Waals surface area (Å²) in [6, 6.07) is 11.4. The molecule has 1 heterocycles. The van der Waals surface area contributed by atoms with E-state index in [9.17, 15) is 22.8 Å². The van der Waals surface area contributed by atoms with E-state index in [0.29, 0.717) is 16.9 Å². The van der Waals surface area contributed by atoms with Crippen molar-refractivity contribution in [3.8, 4) is 0 Å². The van der Waals surface area contributed by atoms with Gasteiger partial charge in [0.1, 0.15) is 0 Å². The Morgan fingerprint density at radius 2 is 1.76 bits per heavy atom. The van der Waals surface area contributed by atoms with Crippen molar-refractivity contribution in [2.24, 2.45) is 16.7 Å². The average molecular weight is 478 g/mol. The van der Waals surface area contributed by atoms with Crippen LogP contribution in [0.1, 0.15) is 25.0 Å². The van der Waals surface area contributed by atoms with Crippen molar-refractivity contribution in [3.05, 3.63) is 59.7 Å². The summed E-state index contributed by atoms with van der Waals surface area (Å²) in [7, 11) is 0. The van der Waals surface area contributed by atoms with Crippen LogP contribution in [0.25, 0.3) is 0 Å². The van der Waals surface area contributed by atoms with Gasteiger partial charge in [0.15, 0.2) is 11.4 Å². The molecule has 0 unspecified atom stereocenters. The first-order valence-electron chi connectivity index (χ1n) is 10.2. The van der Waals surface area contributed by atoms with Crippen LogP contribution in [-0.4, -0.2) is 53.0 Å². The number of likely N-dealkylation sites (tertiary alicyclic amines) is 1. The number of hydrazone groups is 1. The number of benzene rings is 2. The lowest BCUT2D eigenvalue weighted by Crippen LogP contribution is -2.69. The van der Waals surface area contributed by atoms with E-state index in [1.54, 1.807) is 24.3 Å². The van der Waals surface area contributed by atoms with E-state index in [0.717, 1.165) is 17.3 Å². The van der Waals surface area contributed by atoms with Crippen LogP contribution in [0.5, 0.6) is 0 Å². The number of para-hydroxylation sites is 1. The fourth-order valence-corrected chi connectivity index (χ4v) is 3.61. The van der Waals surface area contributed by atoms with E-state index < -0.39 is 23.3 Å². The van der Waals surface area contributed by atoms with Crippen molar-refractivity contribution >= 4 is 29.1 Å². The van der Waals surface area contributed by atoms with E-state index in [2.05, 4.69) is 10.4 Å². The molecule has 1 amide bonds. The molecule has 0 atom stereocenters. The second-order valence-electron chi connectivity index (χ2n) is 7.98. The SMILES string of the molecule is CC(=O)OC1(CN(N)/N=C(\N)c2ccccc2Nc2ccc(C(F)(F)F)cc2)CN(C(C)=O)C1. The molecule has 1 aliphatic heterocycles. The highest BCUT2D eigenvalue weighted by atomic mass is 19.4. The van der Waals surface area contributed by atoms with Crippen LogP contribution in [0.2, 0.25) is 0 Å². The van der Waals surface area contributed by atoms with Crippen molar-refractivity contribution in [2.45, 2.75) is 25.6 Å². The van der Waals surface area contributed by atoms with Crippen LogP contribution in [-0.2, 0) is 20.5 Å². The zero-order valence-electron chi connectivity index (χ0n) is 18.6. The van der Waals surface area contributed by atoms with Crippen LogP contribution < -0.4 is 16.9 Å². The Labute approximate surface area is 194 Å². The molecule has 3 rings (SSSR count). The molecule has 5 N–H and O–H groups in total. The number of anilines is 2. The third-order valence-electron chi connectivity index (χ3n) is 5.14. The van der Waals surface area contributed by atoms with Gasteiger partial charge in [-0.1, -0.05) is 12.1 Å². The summed E-state index contributed by atoms with van der Waals surface area (Å²) in [5.74, 6) is 5.37. The minimum absolute atomic E-state index is 0.00837. The summed E-state index contributed by atoms with van der Waals surface area (Å²) in [5, 5.41) is 8.21. The smallest absolute Gasteiger partial charge is 0.416 e. The molecule has 0 aliphatic carbocycles. The number of carbonyl (C=O) groups is 2. The lowest BCUT2D eigenvalue weighted by molar-refractivity contribution is -0.186. The van der Waals surface area contributed by atoms with E-state index in [4.69, 9.17) is 16.3 Å². The molecular weight excluding hydrogens is 453 g/mol. The van der Waals surface area contributed by atoms with E-state index >= 15 is 0 Å². The number of halogens is 3. The van der Waals surface area contributed by atoms with Gasteiger partial charge in [-0.15, -0.1) is 5.10 Å². The van der Waals surface area contributed by atoms with Crippen molar-refractivity contribution in [3.63, 3.8) is 0 Å². The van der Waals surface area contributed by atoms with Crippen molar-refractivity contribution in [1.29, 1.82) is 0 Å². The first-order valence-corrected chi connectivity index (χ1v) is 10.2. The highest BCUT2D eigenvalue weighted by Gasteiger charge is 2.48. The van der Waals surface area contributed by atoms with Gasteiger partial charge in [0.2, 0.25) is 5.91 Å². The highest BCUT2D eigenvalue weighted by Crippen LogP contribution is 2.31. The number of hydrazine groups is 1. The van der Waals surface area contributed by atoms with E-state index in [1.807, 2.05) is 0 Å². The number of hydrogen-bond donors (Lipinski definition) is 3. The molecule has 34 heavy (non-hydrogen) atoms. The van der Waals surface area contributed by atoms with Gasteiger partial charge in [-0.05, 0) is 36.4 Å². The number of nitrogens with zero attached hydrogens (tertiary/aromatic N) is 3. The predicted molar refractivity (Wildman–Crippen MR) is 120 cm³/mol. The maximum atomic E-state index is 12.8. The highest BCUT2D eigenvalue weighted by molar-refractivity contribution is 6.02. The lowest BCUT2D eigenvalue weighted by Gasteiger charge is -2.49. The molecule has 0 radical (unpaired) electrons. The number of esters is 1. The summed E-state index contributed by atoms with van der Waals surface area (Å²) < 4.78 is 43.8. The third kappa shape index (κ3) is 5.95. The Kier molecular flexibility index (Phi) is 7.01. The van der Waals surface area contributed by atoms with Gasteiger partial charge >= 0.3 is 12.1 Å². The van der Waals surface area contributed by atoms with Gasteiger partial charge in [-0.25, -0.2) is 11.0 Å². The number of nitrogens with two attached hydrogens (primary N) is 2. The summed E-state index contributed by atoms with van der Waals surface area (Å²) >= 11 is 0. The molecule has 0 spiro atoms. The van der Waals surface area contributed by atoms with Crippen molar-refractivity contribution in [1.82, 2.24) is 10.0 Å². The topological polar surface area (TPSA) is 126 Å². The minimum atomic E-state index is -4.43. The zero-order chi connectivity index (χ0) is 25.1. The summed E-state index contributed by atoms with van der Waals surface area (Å²) in [6.45, 7) is 3.02. The van der Waals surface area contributed by atoms with Crippen molar-refractivity contribution < 1.29 is 27.5 Å². The summed E-state index contributed by atoms with van der Waals surface area (Å²) in [5.41, 5.74) is 5.77. The Balaban J connectivity index is 1.75. The van der Waals surface area contributed by atoms with Crippen LogP contribution in [0.15, 0.2) is 53.6 Å². The summed E-state index contributed by atoms with van der Waals surface area (Å²) in [4.78, 5) is 24.6. The van der Waals surface area contributed by atoms with Gasteiger partial charge in [-0.3, -0.25) is 9.59 Å². The van der Waals surface area contributed by atoms with Crippen LogP contribution in [0.4, 0.5) is 24.5 Å². The van der Waals surface area contributed by atoms with Gasteiger partial charge in [0, 0.05) is 30.8 Å². The number of hydrogen-bond acceptors (Lipinski definition) is 7. The maximum absolute atomic E-state index is 12.8. The van der Waals surface area contributed by atoms with Gasteiger partial charge in [-0.2, -0.15) is 13.2 Å². The molecule has 2 aromatic rings. The van der Waals surface area contributed by atoms with Crippen LogP contribution >= 0.6 is 0 Å². The Bertz CT molecular complexity index is 1080. The largest absolute Gasteiger partial charge is 0.453 e. The molecule has 182 valence electrons. The second kappa shape index (κ2) is 9.59. The summed E-state index contributed by atoms with van der Waals surface area (Å²) in [6.07, 6.45) is -4.43. The standard InChI is InChI=1S/C22H25F3N6O3/c1-14(32)30-11-21(12-30,34-15(2)33)13-31(27)29-20(26)18-5-3-4-6-19(18)28-17-9-7-16(8-10-17)22(23,24)25/h3-10,28H,11-13,27H2,1-2H3,(H2,26,29). The molecular formula is C22H25F3N6O3. The number of amidine groups is 1. The number of alkyl halides is 3. The predicted octanol–water partition coefficient (Wildman–Crippen LogP) is 2.41. The van der Waals surface area contributed by atoms with Gasteiger partial charge in [0.25, 0.3) is 0 Å². The molecule has 1 aliphatic rings. The minimum Gasteiger partial charge on any atom is -0.453 e. The molecule has 0 aromatic heterocycles. The number of nitrogens with one attached hydrogen (secondary N) is 1. The lowest BCUT2D eigenvalue weighted by atomic mass is 9.93. The Hall–Kier alpha value is -3.80. The fourth-order valence-electron chi connectivity index (χ4n) is 3.61. The number of carbonyl (C=O) groups excluding carboxylic acids is 2. The molecule has 9 nitrogen and oxygen atoms in total. The average Bonchev–Trinajstić information content (AvgIpc) is 2.71. The Morgan fingerprint density at radius 3 is 2.32 bits per heavy atom. The zero-order valence-corrected chi connectivity index (χ0v) is 18.6. The van der Waals surface area contributed by atoms with E-state index in [-0.39, 0.29) is 31.4 Å². The molecule has 1 fully saturated rings. The van der Waals surface area contributed by atoms with Gasteiger partial charge in [0.05, 0.1) is 25.2 Å². The molecule has 2 aromatic carbocycles. The first kappa shape index (κ1) is 24.8. The third-order valence-corrected chi connectivity index (χ3v) is 5.14. The van der Waals surface area contributed by atoms with Gasteiger partial charge < -0.3 is 20.7 Å². The monoisotopic (exact) mass is 478 g/mol. The fraction of sp³-hybridized carbons (Fsp3) is 0.318. The maximum Gasteiger partial charge on any atom is 0.416 e. The molecule has 1 saturated heterocycles. The first-order chi connectivity index (χ1) is 15.9. The quantitative estimate of drug-likeness (QED) is 0.183. The normalized spacial score (nSPS) is 15.4. The number of amides is 1. The Morgan fingerprint density at radius 1 is 1.15 bits per heavy atom. The molecule has 12 heteroatoms. The molecule has 0 bridgehead atoms. The number of ether oxygens (including phenoxy) is 1. The molecule has 0 saturated carbocycles. The number of rotatable bonds is 7. The van der Waals surface area contributed by atoms with E-state index in [1.165, 1.54) is 30.9 Å².